The molecule has 46 heavy (non-hydrogen) atoms. The molecular formula is C32H52N6O8. The van der Waals surface area contributed by atoms with Crippen LogP contribution in [-0.2, 0) is 33.5 Å². The first-order valence-corrected chi connectivity index (χ1v) is 16.1. The molecule has 3 rings (SSSR count). The number of morpholine rings is 1. The van der Waals surface area contributed by atoms with Crippen LogP contribution in [0.2, 0.25) is 0 Å². The van der Waals surface area contributed by atoms with E-state index in [0.717, 1.165) is 17.7 Å². The van der Waals surface area contributed by atoms with Crippen molar-refractivity contribution in [3.8, 4) is 0 Å². The highest BCUT2D eigenvalue weighted by Gasteiger charge is 2.48. The summed E-state index contributed by atoms with van der Waals surface area (Å²) in [7, 11) is 0. The maximum absolute atomic E-state index is 14.3. The second kappa shape index (κ2) is 14.5. The molecule has 1 aliphatic carbocycles. The van der Waals surface area contributed by atoms with Crippen molar-refractivity contribution in [1.29, 1.82) is 0 Å². The summed E-state index contributed by atoms with van der Waals surface area (Å²) in [4.78, 5) is 93.2. The van der Waals surface area contributed by atoms with Gasteiger partial charge in [0.1, 0.15) is 25.3 Å². The number of urea groups is 1. The van der Waals surface area contributed by atoms with Gasteiger partial charge in [0.2, 0.25) is 17.6 Å². The Balaban J connectivity index is 1.82. The van der Waals surface area contributed by atoms with Crippen LogP contribution in [0.3, 0.4) is 0 Å². The van der Waals surface area contributed by atoms with E-state index in [1.54, 1.807) is 20.8 Å². The van der Waals surface area contributed by atoms with Gasteiger partial charge in [-0.05, 0) is 41.4 Å². The molecular weight excluding hydrogens is 596 g/mol. The molecule has 5 atom stereocenters. The molecule has 1 saturated carbocycles. The Bertz CT molecular complexity index is 1200. The first-order chi connectivity index (χ1) is 21.2. The lowest BCUT2D eigenvalue weighted by molar-refractivity contribution is -0.159. The summed E-state index contributed by atoms with van der Waals surface area (Å²) >= 11 is 0. The Morgan fingerprint density at radius 2 is 1.48 bits per heavy atom. The number of carbonyl (C=O) groups is 7. The van der Waals surface area contributed by atoms with Crippen LogP contribution < -0.4 is 21.7 Å². The Kier molecular flexibility index (Phi) is 11.6. The summed E-state index contributed by atoms with van der Waals surface area (Å²) in [6.45, 7) is 14.6. The van der Waals surface area contributed by atoms with Crippen molar-refractivity contribution in [1.82, 2.24) is 25.8 Å². The van der Waals surface area contributed by atoms with E-state index in [1.165, 1.54) is 4.90 Å². The van der Waals surface area contributed by atoms with Gasteiger partial charge in [-0.2, -0.15) is 0 Å². The van der Waals surface area contributed by atoms with E-state index in [9.17, 15) is 33.6 Å². The van der Waals surface area contributed by atoms with Crippen LogP contribution in [-0.4, -0.2) is 102 Å². The van der Waals surface area contributed by atoms with Crippen molar-refractivity contribution in [2.24, 2.45) is 34.3 Å². The van der Waals surface area contributed by atoms with Crippen molar-refractivity contribution >= 4 is 41.4 Å². The number of hydrogen-bond acceptors (Lipinski definition) is 8. The molecule has 14 nitrogen and oxygen atoms in total. The predicted octanol–water partition coefficient (Wildman–Crippen LogP) is 0.713. The Hall–Kier alpha value is -3.55. The normalized spacial score (nSPS) is 22.7. The second-order valence-electron chi connectivity index (χ2n) is 15.4. The van der Waals surface area contributed by atoms with Crippen LogP contribution in [0, 0.1) is 28.6 Å². The van der Waals surface area contributed by atoms with E-state index in [0.29, 0.717) is 12.8 Å². The third kappa shape index (κ3) is 9.26. The van der Waals surface area contributed by atoms with Gasteiger partial charge < -0.3 is 31.3 Å². The van der Waals surface area contributed by atoms with Crippen LogP contribution in [0.25, 0.3) is 0 Å². The molecule has 0 bridgehead atoms. The highest BCUT2D eigenvalue weighted by molar-refractivity contribution is 6.37. The summed E-state index contributed by atoms with van der Waals surface area (Å²) in [5, 5.41) is 8.40. The van der Waals surface area contributed by atoms with Gasteiger partial charge in [-0.15, -0.1) is 0 Å². The number of hydrogen-bond donors (Lipinski definition) is 4. The zero-order valence-electron chi connectivity index (χ0n) is 28.4. The summed E-state index contributed by atoms with van der Waals surface area (Å²) in [6.07, 6.45) is 2.65. The van der Waals surface area contributed by atoms with E-state index >= 15 is 0 Å². The molecule has 0 radical (unpaired) electrons. The number of ketones is 1. The van der Waals surface area contributed by atoms with Gasteiger partial charge in [-0.3, -0.25) is 33.7 Å². The maximum atomic E-state index is 14.3. The minimum absolute atomic E-state index is 0.0183. The van der Waals surface area contributed by atoms with Crippen LogP contribution in [0.5, 0.6) is 0 Å². The van der Waals surface area contributed by atoms with Gasteiger partial charge in [-0.1, -0.05) is 68.2 Å². The van der Waals surface area contributed by atoms with Crippen LogP contribution >= 0.6 is 0 Å². The van der Waals surface area contributed by atoms with Crippen molar-refractivity contribution in [3.05, 3.63) is 0 Å². The highest BCUT2D eigenvalue weighted by Crippen LogP contribution is 2.35. The van der Waals surface area contributed by atoms with E-state index in [2.05, 4.69) is 16.0 Å². The third-order valence-corrected chi connectivity index (χ3v) is 9.15. The first-order valence-electron chi connectivity index (χ1n) is 16.1. The monoisotopic (exact) mass is 648 g/mol. The fourth-order valence-electron chi connectivity index (χ4n) is 6.03. The quantitative estimate of drug-likeness (QED) is 0.175. The smallest absolute Gasteiger partial charge is 0.315 e. The minimum Gasteiger partial charge on any atom is -0.363 e. The Morgan fingerprint density at radius 3 is 1.96 bits per heavy atom. The molecule has 2 aliphatic heterocycles. The van der Waals surface area contributed by atoms with Gasteiger partial charge in [0, 0.05) is 13.1 Å². The molecule has 258 valence electrons. The molecule has 7 amide bonds. The summed E-state index contributed by atoms with van der Waals surface area (Å²) in [6, 6.07) is -4.37. The average Bonchev–Trinajstić information content (AvgIpc) is 3.63. The standard InChI is InChI=1S/C32H52N6O8/c1-17(2)19-11-12-37(24(19)28(43)34-20(13-18-9-10-18)25(41)27(33)42)29(44)26(32(6,7)8)36-30(45)35-21(31(3,4)5)14-38-22(39)15-46-16-23(38)40/h17-21,24,26H,9-16H2,1-8H3,(H2,33,42)(H,34,43)(H2,35,36,45)/t19-,20?,21-,24+,26-/m1/s1. The van der Waals surface area contributed by atoms with E-state index in [-0.39, 0.29) is 44.1 Å². The van der Waals surface area contributed by atoms with Gasteiger partial charge >= 0.3 is 6.03 Å². The van der Waals surface area contributed by atoms with Gasteiger partial charge in [-0.25, -0.2) is 4.79 Å². The fourth-order valence-corrected chi connectivity index (χ4v) is 6.03. The van der Waals surface area contributed by atoms with Gasteiger partial charge in [0.15, 0.2) is 0 Å². The number of imide groups is 1. The molecule has 0 aromatic heterocycles. The predicted molar refractivity (Wildman–Crippen MR) is 168 cm³/mol. The summed E-state index contributed by atoms with van der Waals surface area (Å²) < 4.78 is 5.00. The van der Waals surface area contributed by atoms with Gasteiger partial charge in [0.25, 0.3) is 17.7 Å². The number of Topliss-reactive ketones (excluding diaryl/α,β-unsaturated/α-hetero) is 1. The lowest BCUT2D eigenvalue weighted by Gasteiger charge is -2.39. The lowest BCUT2D eigenvalue weighted by atomic mass is 9.84. The van der Waals surface area contributed by atoms with Crippen molar-refractivity contribution < 1.29 is 38.3 Å². The number of amides is 7. The number of nitrogens with one attached hydrogen (secondary N) is 3. The number of likely N-dealkylation sites (tertiary alicyclic amines) is 1. The number of carbonyl (C=O) groups excluding carboxylic acids is 7. The molecule has 2 saturated heterocycles. The van der Waals surface area contributed by atoms with Gasteiger partial charge in [0.05, 0.1) is 12.1 Å². The number of ether oxygens (including phenoxy) is 1. The largest absolute Gasteiger partial charge is 0.363 e. The molecule has 0 spiro atoms. The molecule has 2 heterocycles. The van der Waals surface area contributed by atoms with Crippen molar-refractivity contribution in [2.75, 3.05) is 26.3 Å². The number of nitrogens with two attached hydrogens (primary N) is 1. The number of primary amides is 1. The number of rotatable bonds is 12. The SMILES string of the molecule is CC(C)[C@H]1CCN(C(=O)[C@@H](NC(=O)N[C@H](CN2C(=O)COCC2=O)C(C)(C)C)C(C)(C)C)[C@@H]1C(=O)NC(CC1CC1)C(=O)C(N)=O. The Labute approximate surface area is 271 Å². The fraction of sp³-hybridized carbons (Fsp3) is 0.781. The van der Waals surface area contributed by atoms with E-state index in [4.69, 9.17) is 10.5 Å². The lowest BCUT2D eigenvalue weighted by Crippen LogP contribution is -2.63. The molecule has 0 aromatic rings. The summed E-state index contributed by atoms with van der Waals surface area (Å²) in [5.41, 5.74) is 3.93. The second-order valence-corrected chi connectivity index (χ2v) is 15.4. The molecule has 14 heteroatoms. The minimum atomic E-state index is -1.12. The topological polar surface area (TPSA) is 197 Å². The van der Waals surface area contributed by atoms with Crippen molar-refractivity contribution in [2.45, 2.75) is 105 Å². The van der Waals surface area contributed by atoms with E-state index < -0.39 is 76.3 Å². The summed E-state index contributed by atoms with van der Waals surface area (Å²) in [5.74, 6) is -3.95. The molecule has 0 aromatic carbocycles. The highest BCUT2D eigenvalue weighted by atomic mass is 16.5. The first kappa shape index (κ1) is 36.9. The van der Waals surface area contributed by atoms with Crippen molar-refractivity contribution in [3.63, 3.8) is 0 Å². The third-order valence-electron chi connectivity index (χ3n) is 9.15. The van der Waals surface area contributed by atoms with Crippen LogP contribution in [0.1, 0.15) is 81.1 Å². The zero-order valence-corrected chi connectivity index (χ0v) is 28.4. The molecule has 3 fully saturated rings. The van der Waals surface area contributed by atoms with Crippen LogP contribution in [0.15, 0.2) is 0 Å². The molecule has 1 unspecified atom stereocenters. The maximum Gasteiger partial charge on any atom is 0.315 e. The average molecular weight is 649 g/mol. The van der Waals surface area contributed by atoms with E-state index in [1.807, 2.05) is 34.6 Å². The number of nitrogens with zero attached hydrogens (tertiary/aromatic N) is 2. The van der Waals surface area contributed by atoms with Crippen LogP contribution in [0.4, 0.5) is 4.79 Å². The molecule has 3 aliphatic rings. The molecule has 5 N–H and O–H groups in total. The Morgan fingerprint density at radius 1 is 0.891 bits per heavy atom. The zero-order chi connectivity index (χ0) is 34.7.